The number of hydrogen-bond donors (Lipinski definition) is 0. The van der Waals surface area contributed by atoms with E-state index in [1.807, 2.05) is 48.5 Å². The fourth-order valence-corrected chi connectivity index (χ4v) is 2.10. The van der Waals surface area contributed by atoms with Crippen molar-refractivity contribution in [2.45, 2.75) is 0 Å². The van der Waals surface area contributed by atoms with Gasteiger partial charge in [-0.05, 0) is 24.3 Å². The highest BCUT2D eigenvalue weighted by Gasteiger charge is 2.06. The molecule has 2 heterocycles. The Hall–Kier alpha value is -2.82. The standard InChI is InChI=1S/C14H10N4O/c1-3-7-13-11(5-1)15-9-17(13)19-18-10-16-12-6-2-4-8-14(12)18/h1-10H. The molecule has 0 bridgehead atoms. The van der Waals surface area contributed by atoms with Gasteiger partial charge in [0.1, 0.15) is 23.7 Å². The first-order chi connectivity index (χ1) is 9.42. The van der Waals surface area contributed by atoms with Gasteiger partial charge in [0.05, 0.1) is 11.0 Å². The molecule has 0 aliphatic carbocycles. The van der Waals surface area contributed by atoms with E-state index in [9.17, 15) is 0 Å². The third-order valence-electron chi connectivity index (χ3n) is 3.02. The number of nitrogens with zero attached hydrogens (tertiary/aromatic N) is 4. The molecule has 0 radical (unpaired) electrons. The summed E-state index contributed by atoms with van der Waals surface area (Å²) in [6.07, 6.45) is 3.30. The first kappa shape index (κ1) is 10.1. The summed E-state index contributed by atoms with van der Waals surface area (Å²) >= 11 is 0. The van der Waals surface area contributed by atoms with Crippen LogP contribution in [0.25, 0.3) is 22.1 Å². The van der Waals surface area contributed by atoms with Crippen molar-refractivity contribution in [1.82, 2.24) is 19.4 Å². The Morgan fingerprint density at radius 2 is 1.16 bits per heavy atom. The van der Waals surface area contributed by atoms with Crippen molar-refractivity contribution < 1.29 is 4.94 Å². The zero-order chi connectivity index (χ0) is 12.7. The molecule has 0 aliphatic rings. The van der Waals surface area contributed by atoms with E-state index in [1.165, 1.54) is 0 Å². The van der Waals surface area contributed by atoms with Gasteiger partial charge in [0.2, 0.25) is 0 Å². The van der Waals surface area contributed by atoms with Crippen molar-refractivity contribution in [3.63, 3.8) is 0 Å². The second-order valence-electron chi connectivity index (χ2n) is 4.20. The Balaban J connectivity index is 1.82. The molecule has 2 aromatic carbocycles. The maximum absolute atomic E-state index is 5.79. The van der Waals surface area contributed by atoms with Gasteiger partial charge in [-0.25, -0.2) is 9.97 Å². The van der Waals surface area contributed by atoms with Crippen LogP contribution < -0.4 is 4.94 Å². The summed E-state index contributed by atoms with van der Waals surface area (Å²) in [4.78, 5) is 14.4. The van der Waals surface area contributed by atoms with E-state index in [0.29, 0.717) is 0 Å². The van der Waals surface area contributed by atoms with E-state index in [1.54, 1.807) is 22.1 Å². The summed E-state index contributed by atoms with van der Waals surface area (Å²) in [6.45, 7) is 0. The lowest BCUT2D eigenvalue weighted by Gasteiger charge is -2.06. The van der Waals surface area contributed by atoms with Gasteiger partial charge in [0.15, 0.2) is 0 Å². The van der Waals surface area contributed by atoms with Crippen LogP contribution in [0.1, 0.15) is 0 Å². The fraction of sp³-hybridized carbons (Fsp3) is 0. The summed E-state index contributed by atoms with van der Waals surface area (Å²) in [6, 6.07) is 15.6. The van der Waals surface area contributed by atoms with Gasteiger partial charge >= 0.3 is 0 Å². The normalized spacial score (nSPS) is 11.2. The van der Waals surface area contributed by atoms with Crippen molar-refractivity contribution in [2.24, 2.45) is 0 Å². The number of para-hydroxylation sites is 4. The van der Waals surface area contributed by atoms with Gasteiger partial charge in [-0.2, -0.15) is 0 Å². The molecule has 0 spiro atoms. The number of benzene rings is 2. The van der Waals surface area contributed by atoms with E-state index in [4.69, 9.17) is 4.94 Å². The number of fused-ring (bicyclic) bond motifs is 2. The molecular formula is C14H10N4O. The van der Waals surface area contributed by atoms with E-state index >= 15 is 0 Å². The number of aromatic nitrogens is 4. The number of rotatable bonds is 2. The molecule has 5 heteroatoms. The molecule has 0 saturated carbocycles. The lowest BCUT2D eigenvalue weighted by atomic mass is 10.3. The highest BCUT2D eigenvalue weighted by atomic mass is 16.8. The molecule has 0 atom stereocenters. The molecule has 0 fully saturated rings. The summed E-state index contributed by atoms with van der Waals surface area (Å²) < 4.78 is 3.26. The van der Waals surface area contributed by atoms with Gasteiger partial charge in [-0.1, -0.05) is 24.3 Å². The van der Waals surface area contributed by atoms with E-state index in [-0.39, 0.29) is 0 Å². The van der Waals surface area contributed by atoms with Crippen LogP contribution in [0.4, 0.5) is 0 Å². The highest BCUT2D eigenvalue weighted by Crippen LogP contribution is 2.13. The van der Waals surface area contributed by atoms with Gasteiger partial charge in [0, 0.05) is 0 Å². The Labute approximate surface area is 108 Å². The molecule has 0 aliphatic heterocycles. The van der Waals surface area contributed by atoms with Crippen LogP contribution in [0.2, 0.25) is 0 Å². The zero-order valence-electron chi connectivity index (χ0n) is 9.97. The second kappa shape index (κ2) is 3.84. The molecule has 19 heavy (non-hydrogen) atoms. The quantitative estimate of drug-likeness (QED) is 0.548. The van der Waals surface area contributed by atoms with Crippen LogP contribution in [0, 0.1) is 0 Å². The third-order valence-corrected chi connectivity index (χ3v) is 3.02. The van der Waals surface area contributed by atoms with Crippen molar-refractivity contribution >= 4 is 22.1 Å². The average Bonchev–Trinajstić information content (AvgIpc) is 3.05. The van der Waals surface area contributed by atoms with Crippen molar-refractivity contribution in [3.8, 4) is 0 Å². The molecule has 5 nitrogen and oxygen atoms in total. The van der Waals surface area contributed by atoms with Crippen molar-refractivity contribution in [2.75, 3.05) is 0 Å². The van der Waals surface area contributed by atoms with Crippen molar-refractivity contribution in [1.29, 1.82) is 0 Å². The SMILES string of the molecule is c1ccc2c(c1)ncn2On1cnc2ccccc21. The minimum Gasteiger partial charge on any atom is -0.279 e. The first-order valence-electron chi connectivity index (χ1n) is 5.95. The minimum absolute atomic E-state index is 0.895. The first-order valence-corrected chi connectivity index (χ1v) is 5.95. The Morgan fingerprint density at radius 3 is 1.68 bits per heavy atom. The predicted molar refractivity (Wildman–Crippen MR) is 71.4 cm³/mol. The van der Waals surface area contributed by atoms with Crippen LogP contribution in [0.5, 0.6) is 0 Å². The smallest absolute Gasteiger partial charge is 0.136 e. The minimum atomic E-state index is 0.895. The second-order valence-corrected chi connectivity index (χ2v) is 4.20. The highest BCUT2D eigenvalue weighted by molar-refractivity contribution is 5.75. The van der Waals surface area contributed by atoms with E-state index in [2.05, 4.69) is 9.97 Å². The maximum atomic E-state index is 5.79. The Morgan fingerprint density at radius 1 is 0.684 bits per heavy atom. The number of hydrogen-bond acceptors (Lipinski definition) is 3. The lowest BCUT2D eigenvalue weighted by Crippen LogP contribution is -2.15. The summed E-state index contributed by atoms with van der Waals surface area (Å²) in [7, 11) is 0. The van der Waals surface area contributed by atoms with Gasteiger partial charge in [0.25, 0.3) is 0 Å². The number of imidazole rings is 2. The molecule has 0 saturated heterocycles. The van der Waals surface area contributed by atoms with Crippen LogP contribution in [-0.2, 0) is 0 Å². The molecule has 0 unspecified atom stereocenters. The molecule has 0 amide bonds. The van der Waals surface area contributed by atoms with Gasteiger partial charge in [-0.3, -0.25) is 4.94 Å². The topological polar surface area (TPSA) is 44.9 Å². The predicted octanol–water partition coefficient (Wildman–Crippen LogP) is 2.28. The summed E-state index contributed by atoms with van der Waals surface area (Å²) in [5, 5.41) is 0. The zero-order valence-corrected chi connectivity index (χ0v) is 9.97. The van der Waals surface area contributed by atoms with Crippen LogP contribution in [-0.4, -0.2) is 19.4 Å². The lowest BCUT2D eigenvalue weighted by molar-refractivity contribution is 0.0496. The van der Waals surface area contributed by atoms with Gasteiger partial charge in [-0.15, -0.1) is 9.46 Å². The molecule has 92 valence electrons. The summed E-state index contributed by atoms with van der Waals surface area (Å²) in [5.74, 6) is 0. The summed E-state index contributed by atoms with van der Waals surface area (Å²) in [5.41, 5.74) is 3.62. The largest absolute Gasteiger partial charge is 0.279 e. The van der Waals surface area contributed by atoms with Crippen LogP contribution in [0.3, 0.4) is 0 Å². The van der Waals surface area contributed by atoms with Crippen LogP contribution >= 0.6 is 0 Å². The average molecular weight is 250 g/mol. The fourth-order valence-electron chi connectivity index (χ4n) is 2.10. The molecule has 0 N–H and O–H groups in total. The molecule has 4 rings (SSSR count). The Kier molecular flexibility index (Phi) is 2.05. The molecular weight excluding hydrogens is 240 g/mol. The molecule has 2 aromatic heterocycles. The monoisotopic (exact) mass is 250 g/mol. The van der Waals surface area contributed by atoms with Gasteiger partial charge < -0.3 is 0 Å². The van der Waals surface area contributed by atoms with Crippen molar-refractivity contribution in [3.05, 3.63) is 61.2 Å². The maximum Gasteiger partial charge on any atom is 0.136 e. The third kappa shape index (κ3) is 1.55. The Bertz CT molecular complexity index is 790. The van der Waals surface area contributed by atoms with E-state index < -0.39 is 0 Å². The van der Waals surface area contributed by atoms with E-state index in [0.717, 1.165) is 22.1 Å². The molecule has 4 aromatic rings. The van der Waals surface area contributed by atoms with Crippen LogP contribution in [0.15, 0.2) is 61.2 Å².